The molecule has 18 heteroatoms. The van der Waals surface area contributed by atoms with E-state index in [1.807, 2.05) is 0 Å². The lowest BCUT2D eigenvalue weighted by Gasteiger charge is -2.45. The van der Waals surface area contributed by atoms with Gasteiger partial charge >= 0.3 is 0 Å². The topological polar surface area (TPSA) is 327 Å². The highest BCUT2D eigenvalue weighted by Gasteiger charge is 2.53. The van der Waals surface area contributed by atoms with Crippen molar-refractivity contribution >= 4 is 0 Å². The first-order valence-corrected chi connectivity index (χ1v) is 13.7. The van der Waals surface area contributed by atoms with Crippen molar-refractivity contribution in [3.8, 4) is 0 Å². The van der Waals surface area contributed by atoms with Gasteiger partial charge in [0.15, 0.2) is 18.9 Å². The molecule has 4 fully saturated rings. The summed E-state index contributed by atoms with van der Waals surface area (Å²) in [7, 11) is 0. The second-order valence-electron chi connectivity index (χ2n) is 11.0. The zero-order valence-corrected chi connectivity index (χ0v) is 22.4. The van der Waals surface area contributed by atoms with Gasteiger partial charge in [0, 0.05) is 31.6 Å². The Labute approximate surface area is 236 Å². The van der Waals surface area contributed by atoms with Gasteiger partial charge in [0.05, 0.1) is 24.9 Å². The molecule has 3 aliphatic heterocycles. The quantitative estimate of drug-likeness (QED) is 0.117. The minimum absolute atomic E-state index is 0.0926. The molecular formula is C23H45N5O13. The van der Waals surface area contributed by atoms with E-state index in [1.54, 1.807) is 0 Å². The molecule has 0 radical (unpaired) electrons. The van der Waals surface area contributed by atoms with Crippen LogP contribution in [0.2, 0.25) is 0 Å². The highest BCUT2D eigenvalue weighted by molar-refractivity contribution is 5.01. The summed E-state index contributed by atoms with van der Waals surface area (Å²) in [6, 6.07) is -2.84. The minimum atomic E-state index is -1.57. The SMILES string of the molecule is NCC1O[C@H](O[C@@H]2C(O)[C@H](OC3C(O)[C@H](N)CC(N)[C@H]3O[C@@H]3CC(O)[C@H](O)C(CN)O3)O[C@@H]2CO)C(N)C(O)[C@@H]1O. The fourth-order valence-corrected chi connectivity index (χ4v) is 5.69. The Bertz CT molecular complexity index is 837. The van der Waals surface area contributed by atoms with Crippen LogP contribution in [0.4, 0.5) is 0 Å². The van der Waals surface area contributed by atoms with Crippen molar-refractivity contribution in [3.05, 3.63) is 0 Å². The number of nitrogens with two attached hydrogens (primary N) is 5. The average molecular weight is 600 g/mol. The standard InChI is InChI=1S/C23H45N5O13/c24-3-9-15(32)8(30)2-12(36-9)39-19-7(27)1-6(26)14(31)21(19)41-23-18(35)20(11(5-29)38-23)40-22-13(28)17(34)16(33)10(4-25)37-22/h6-23,29-35H,1-5,24-28H2/t6-,7?,8?,9?,10?,11-,12-,13?,14?,15+,16-,17?,18?,19-,20+,21?,22-,23+/m1/s1. The number of ether oxygens (including phenoxy) is 6. The molecule has 0 spiro atoms. The highest BCUT2D eigenvalue weighted by Crippen LogP contribution is 2.34. The smallest absolute Gasteiger partial charge is 0.187 e. The summed E-state index contributed by atoms with van der Waals surface area (Å²) >= 11 is 0. The van der Waals surface area contributed by atoms with Crippen molar-refractivity contribution < 1.29 is 64.2 Å². The van der Waals surface area contributed by atoms with Crippen molar-refractivity contribution in [3.63, 3.8) is 0 Å². The van der Waals surface area contributed by atoms with Crippen LogP contribution >= 0.6 is 0 Å². The second-order valence-corrected chi connectivity index (χ2v) is 11.0. The molecule has 0 amide bonds. The zero-order valence-electron chi connectivity index (χ0n) is 22.4. The van der Waals surface area contributed by atoms with Crippen LogP contribution in [-0.4, -0.2) is 166 Å². The van der Waals surface area contributed by atoms with Gasteiger partial charge in [-0.15, -0.1) is 0 Å². The fourth-order valence-electron chi connectivity index (χ4n) is 5.69. The van der Waals surface area contributed by atoms with Gasteiger partial charge in [-0.1, -0.05) is 0 Å². The van der Waals surface area contributed by atoms with Crippen LogP contribution in [0.1, 0.15) is 12.8 Å². The highest BCUT2D eigenvalue weighted by atomic mass is 16.8. The van der Waals surface area contributed by atoms with Gasteiger partial charge in [-0.2, -0.15) is 0 Å². The third-order valence-electron chi connectivity index (χ3n) is 8.18. The van der Waals surface area contributed by atoms with Crippen molar-refractivity contribution in [2.24, 2.45) is 28.7 Å². The molecule has 18 nitrogen and oxygen atoms in total. The third-order valence-corrected chi connectivity index (χ3v) is 8.18. The van der Waals surface area contributed by atoms with Crippen molar-refractivity contribution in [2.75, 3.05) is 19.7 Å². The average Bonchev–Trinajstić information content (AvgIpc) is 3.24. The number of rotatable bonds is 9. The van der Waals surface area contributed by atoms with E-state index in [2.05, 4.69) is 0 Å². The summed E-state index contributed by atoms with van der Waals surface area (Å²) in [5, 5.41) is 72.7. The predicted molar refractivity (Wildman–Crippen MR) is 135 cm³/mol. The van der Waals surface area contributed by atoms with Crippen LogP contribution in [-0.2, 0) is 28.4 Å². The van der Waals surface area contributed by atoms with Gasteiger partial charge in [-0.3, -0.25) is 0 Å². The summed E-state index contributed by atoms with van der Waals surface area (Å²) in [6.45, 7) is -0.875. The largest absolute Gasteiger partial charge is 0.394 e. The van der Waals surface area contributed by atoms with E-state index in [0.717, 1.165) is 0 Å². The summed E-state index contributed by atoms with van der Waals surface area (Å²) < 4.78 is 34.7. The third kappa shape index (κ3) is 6.85. The zero-order chi connectivity index (χ0) is 30.2. The molecule has 9 unspecified atom stereocenters. The van der Waals surface area contributed by atoms with E-state index in [9.17, 15) is 35.7 Å². The molecule has 0 aromatic heterocycles. The van der Waals surface area contributed by atoms with E-state index in [0.29, 0.717) is 0 Å². The summed E-state index contributed by atoms with van der Waals surface area (Å²) in [4.78, 5) is 0. The number of aliphatic hydroxyl groups excluding tert-OH is 7. The Kier molecular flexibility index (Phi) is 11.3. The molecule has 41 heavy (non-hydrogen) atoms. The fraction of sp³-hybridized carbons (Fsp3) is 1.00. The van der Waals surface area contributed by atoms with E-state index in [1.165, 1.54) is 0 Å². The number of hydrogen-bond acceptors (Lipinski definition) is 18. The lowest BCUT2D eigenvalue weighted by Crippen LogP contribution is -2.65. The maximum atomic E-state index is 11.1. The first kappa shape index (κ1) is 33.2. The first-order valence-electron chi connectivity index (χ1n) is 13.7. The van der Waals surface area contributed by atoms with Crippen molar-refractivity contribution in [2.45, 2.75) is 123 Å². The van der Waals surface area contributed by atoms with Crippen LogP contribution in [0.5, 0.6) is 0 Å². The minimum Gasteiger partial charge on any atom is -0.394 e. The summed E-state index contributed by atoms with van der Waals surface area (Å²) in [5.41, 5.74) is 29.6. The molecule has 18 atom stereocenters. The van der Waals surface area contributed by atoms with Crippen LogP contribution < -0.4 is 28.7 Å². The number of aliphatic hydroxyl groups is 7. The Balaban J connectivity index is 1.47. The van der Waals surface area contributed by atoms with E-state index in [-0.39, 0.29) is 25.9 Å². The molecule has 4 rings (SSSR count). The second kappa shape index (κ2) is 13.9. The molecule has 0 aromatic rings. The Morgan fingerprint density at radius 2 is 1.20 bits per heavy atom. The van der Waals surface area contributed by atoms with Gasteiger partial charge in [-0.25, -0.2) is 0 Å². The number of hydrogen-bond donors (Lipinski definition) is 12. The normalized spacial score (nSPS) is 53.0. The summed E-state index contributed by atoms with van der Waals surface area (Å²) in [5.74, 6) is 0. The van der Waals surface area contributed by atoms with Crippen molar-refractivity contribution in [1.82, 2.24) is 0 Å². The van der Waals surface area contributed by atoms with Gasteiger partial charge in [0.2, 0.25) is 0 Å². The molecule has 1 saturated carbocycles. The first-order chi connectivity index (χ1) is 19.4. The molecular weight excluding hydrogens is 554 g/mol. The molecule has 0 bridgehead atoms. The maximum absolute atomic E-state index is 11.1. The van der Waals surface area contributed by atoms with Crippen LogP contribution in [0, 0.1) is 0 Å². The van der Waals surface area contributed by atoms with Gasteiger partial charge < -0.3 is 92.8 Å². The molecule has 4 aliphatic rings. The predicted octanol–water partition coefficient (Wildman–Crippen LogP) is -7.83. The lowest BCUT2D eigenvalue weighted by atomic mass is 9.84. The van der Waals surface area contributed by atoms with Gasteiger partial charge in [0.1, 0.15) is 61.0 Å². The van der Waals surface area contributed by atoms with Gasteiger partial charge in [0.25, 0.3) is 0 Å². The van der Waals surface area contributed by atoms with E-state index in [4.69, 9.17) is 57.1 Å². The maximum Gasteiger partial charge on any atom is 0.187 e. The monoisotopic (exact) mass is 599 g/mol. The molecule has 3 saturated heterocycles. The molecule has 0 aromatic carbocycles. The van der Waals surface area contributed by atoms with E-state index < -0.39 is 117 Å². The molecule has 3 heterocycles. The Morgan fingerprint density at radius 1 is 0.585 bits per heavy atom. The lowest BCUT2D eigenvalue weighted by molar-refractivity contribution is -0.302. The van der Waals surface area contributed by atoms with Crippen LogP contribution in [0.15, 0.2) is 0 Å². The van der Waals surface area contributed by atoms with Crippen LogP contribution in [0.25, 0.3) is 0 Å². The molecule has 17 N–H and O–H groups in total. The van der Waals surface area contributed by atoms with Crippen molar-refractivity contribution in [1.29, 1.82) is 0 Å². The van der Waals surface area contributed by atoms with Crippen LogP contribution in [0.3, 0.4) is 0 Å². The van der Waals surface area contributed by atoms with Gasteiger partial charge in [-0.05, 0) is 6.42 Å². The molecule has 240 valence electrons. The Morgan fingerprint density at radius 3 is 1.83 bits per heavy atom. The Hall–Kier alpha value is -0.720. The molecule has 1 aliphatic carbocycles. The van der Waals surface area contributed by atoms with E-state index >= 15 is 0 Å². The summed E-state index contributed by atoms with van der Waals surface area (Å²) in [6.07, 6.45) is -18.7.